The summed E-state index contributed by atoms with van der Waals surface area (Å²) in [6.07, 6.45) is 1.20. The van der Waals surface area contributed by atoms with Crippen LogP contribution in [0.15, 0.2) is 0 Å². The van der Waals surface area contributed by atoms with Crippen molar-refractivity contribution < 1.29 is 19.1 Å². The van der Waals surface area contributed by atoms with Gasteiger partial charge in [-0.3, -0.25) is 4.79 Å². The Labute approximate surface area is 102 Å². The molecule has 1 saturated heterocycles. The molecular weight excluding hydrogens is 222 g/mol. The van der Waals surface area contributed by atoms with Crippen LogP contribution in [0.2, 0.25) is 0 Å². The molecule has 0 bridgehead atoms. The van der Waals surface area contributed by atoms with Crippen molar-refractivity contribution in [2.24, 2.45) is 5.41 Å². The second-order valence-electron chi connectivity index (χ2n) is 5.00. The van der Waals surface area contributed by atoms with E-state index in [2.05, 4.69) is 5.32 Å². The summed E-state index contributed by atoms with van der Waals surface area (Å²) in [6, 6.07) is -0.434. The summed E-state index contributed by atoms with van der Waals surface area (Å²) in [4.78, 5) is 23.4. The molecule has 1 heterocycles. The van der Waals surface area contributed by atoms with Gasteiger partial charge in [-0.15, -0.1) is 0 Å². The summed E-state index contributed by atoms with van der Waals surface area (Å²) in [5, 5.41) is 2.98. The van der Waals surface area contributed by atoms with Crippen molar-refractivity contribution in [1.82, 2.24) is 5.32 Å². The summed E-state index contributed by atoms with van der Waals surface area (Å²) in [5.41, 5.74) is -0.616. The van der Waals surface area contributed by atoms with E-state index < -0.39 is 23.4 Å². The van der Waals surface area contributed by atoms with Gasteiger partial charge in [-0.05, 0) is 20.3 Å². The van der Waals surface area contributed by atoms with Crippen molar-refractivity contribution in [3.8, 4) is 0 Å². The average Bonchev–Trinajstić information content (AvgIpc) is 2.77. The smallest absolute Gasteiger partial charge is 0.330 e. The van der Waals surface area contributed by atoms with Gasteiger partial charge in [0, 0.05) is 20.1 Å². The zero-order valence-electron chi connectivity index (χ0n) is 10.9. The van der Waals surface area contributed by atoms with Crippen molar-refractivity contribution in [2.45, 2.75) is 45.8 Å². The van der Waals surface area contributed by atoms with Crippen LogP contribution in [0.3, 0.4) is 0 Å². The Kier molecular flexibility index (Phi) is 4.65. The van der Waals surface area contributed by atoms with E-state index >= 15 is 0 Å². The monoisotopic (exact) mass is 243 g/mol. The second-order valence-corrected chi connectivity index (χ2v) is 5.00. The lowest BCUT2D eigenvalue weighted by molar-refractivity contribution is -0.167. The number of hydrogen-bond donors (Lipinski definition) is 1. The quantitative estimate of drug-likeness (QED) is 0.586. The third-order valence-corrected chi connectivity index (χ3v) is 3.34. The molecule has 0 aliphatic carbocycles. The fourth-order valence-corrected chi connectivity index (χ4v) is 1.51. The van der Waals surface area contributed by atoms with E-state index in [0.717, 1.165) is 0 Å². The van der Waals surface area contributed by atoms with E-state index in [0.29, 0.717) is 19.4 Å². The van der Waals surface area contributed by atoms with Crippen molar-refractivity contribution in [3.05, 3.63) is 0 Å². The van der Waals surface area contributed by atoms with Crippen molar-refractivity contribution in [2.75, 3.05) is 13.7 Å². The van der Waals surface area contributed by atoms with Crippen LogP contribution in [-0.2, 0) is 19.1 Å². The molecule has 1 N–H and O–H groups in total. The summed E-state index contributed by atoms with van der Waals surface area (Å²) < 4.78 is 10.0. The van der Waals surface area contributed by atoms with Crippen LogP contribution in [0.1, 0.15) is 33.6 Å². The first kappa shape index (κ1) is 14.1. The fourth-order valence-electron chi connectivity index (χ4n) is 1.51. The normalized spacial score (nSPS) is 24.7. The standard InChI is InChI=1S/C12H21NO4/c1-5-12(2,3)11(15)17-10(14)9-6-8(16-4)7-13-9/h8-9,13H,5-7H2,1-4H3. The molecule has 98 valence electrons. The van der Waals surface area contributed by atoms with Crippen LogP contribution in [0, 0.1) is 5.41 Å². The molecule has 0 spiro atoms. The summed E-state index contributed by atoms with van der Waals surface area (Å²) in [7, 11) is 1.60. The summed E-state index contributed by atoms with van der Waals surface area (Å²) in [6.45, 7) is 6.04. The largest absolute Gasteiger partial charge is 0.392 e. The Hall–Kier alpha value is -0.940. The molecule has 5 nitrogen and oxygen atoms in total. The van der Waals surface area contributed by atoms with Gasteiger partial charge in [0.05, 0.1) is 11.5 Å². The highest BCUT2D eigenvalue weighted by Crippen LogP contribution is 2.22. The van der Waals surface area contributed by atoms with Gasteiger partial charge in [-0.25, -0.2) is 4.79 Å². The molecule has 17 heavy (non-hydrogen) atoms. The van der Waals surface area contributed by atoms with Crippen molar-refractivity contribution >= 4 is 11.9 Å². The number of esters is 2. The van der Waals surface area contributed by atoms with Gasteiger partial charge in [-0.1, -0.05) is 6.92 Å². The predicted molar refractivity (Wildman–Crippen MR) is 62.4 cm³/mol. The minimum Gasteiger partial charge on any atom is -0.392 e. The average molecular weight is 243 g/mol. The minimum atomic E-state index is -0.616. The molecule has 0 radical (unpaired) electrons. The zero-order valence-corrected chi connectivity index (χ0v) is 10.9. The van der Waals surface area contributed by atoms with Crippen LogP contribution < -0.4 is 5.32 Å². The van der Waals surface area contributed by atoms with Crippen LogP contribution in [0.25, 0.3) is 0 Å². The third kappa shape index (κ3) is 3.51. The highest BCUT2D eigenvalue weighted by atomic mass is 16.6. The molecule has 2 unspecified atom stereocenters. The lowest BCUT2D eigenvalue weighted by Crippen LogP contribution is -2.37. The maximum atomic E-state index is 11.7. The fraction of sp³-hybridized carbons (Fsp3) is 0.833. The summed E-state index contributed by atoms with van der Waals surface area (Å²) in [5.74, 6) is -0.969. The Morgan fingerprint density at radius 2 is 2.06 bits per heavy atom. The highest BCUT2D eigenvalue weighted by molar-refractivity contribution is 5.91. The van der Waals surface area contributed by atoms with Crippen LogP contribution in [-0.4, -0.2) is 37.7 Å². The molecule has 2 atom stereocenters. The first-order chi connectivity index (χ1) is 7.90. The van der Waals surface area contributed by atoms with Gasteiger partial charge < -0.3 is 14.8 Å². The van der Waals surface area contributed by atoms with Crippen molar-refractivity contribution in [3.63, 3.8) is 0 Å². The second kappa shape index (κ2) is 5.60. The highest BCUT2D eigenvalue weighted by Gasteiger charge is 2.35. The molecule has 1 rings (SSSR count). The van der Waals surface area contributed by atoms with E-state index in [1.807, 2.05) is 6.92 Å². The molecule has 5 heteroatoms. The van der Waals surface area contributed by atoms with Crippen LogP contribution >= 0.6 is 0 Å². The Balaban J connectivity index is 2.48. The van der Waals surface area contributed by atoms with E-state index in [4.69, 9.17) is 9.47 Å². The lowest BCUT2D eigenvalue weighted by Gasteiger charge is -2.20. The molecule has 0 saturated carbocycles. The Morgan fingerprint density at radius 1 is 1.41 bits per heavy atom. The topological polar surface area (TPSA) is 64.6 Å². The first-order valence-electron chi connectivity index (χ1n) is 5.93. The Morgan fingerprint density at radius 3 is 2.53 bits per heavy atom. The van der Waals surface area contributed by atoms with Crippen LogP contribution in [0.4, 0.5) is 0 Å². The van der Waals surface area contributed by atoms with Gasteiger partial charge in [0.2, 0.25) is 0 Å². The maximum absolute atomic E-state index is 11.7. The SMILES string of the molecule is CCC(C)(C)C(=O)OC(=O)C1CC(OC)CN1. The number of hydrogen-bond acceptors (Lipinski definition) is 5. The maximum Gasteiger partial charge on any atom is 0.330 e. The molecule has 0 aromatic heterocycles. The molecule has 1 aliphatic heterocycles. The number of carbonyl (C=O) groups excluding carboxylic acids is 2. The summed E-state index contributed by atoms with van der Waals surface area (Å²) >= 11 is 0. The molecule has 0 amide bonds. The predicted octanol–water partition coefficient (Wildman–Crippen LogP) is 0.869. The van der Waals surface area contributed by atoms with E-state index in [9.17, 15) is 9.59 Å². The third-order valence-electron chi connectivity index (χ3n) is 3.34. The molecule has 0 aromatic carbocycles. The molecule has 0 aromatic rings. The number of methoxy groups -OCH3 is 1. The number of ether oxygens (including phenoxy) is 2. The van der Waals surface area contributed by atoms with Gasteiger partial charge in [-0.2, -0.15) is 0 Å². The molecule has 1 fully saturated rings. The van der Waals surface area contributed by atoms with Gasteiger partial charge in [0.1, 0.15) is 6.04 Å². The number of rotatable bonds is 4. The van der Waals surface area contributed by atoms with E-state index in [1.54, 1.807) is 21.0 Å². The lowest BCUT2D eigenvalue weighted by atomic mass is 9.91. The van der Waals surface area contributed by atoms with Gasteiger partial charge in [0.15, 0.2) is 0 Å². The molecule has 1 aliphatic rings. The number of nitrogens with one attached hydrogen (secondary N) is 1. The minimum absolute atomic E-state index is 0.0156. The van der Waals surface area contributed by atoms with Gasteiger partial charge in [0.25, 0.3) is 0 Å². The first-order valence-corrected chi connectivity index (χ1v) is 5.93. The van der Waals surface area contributed by atoms with Gasteiger partial charge >= 0.3 is 11.9 Å². The Bertz CT molecular complexity index is 301. The van der Waals surface area contributed by atoms with Crippen molar-refractivity contribution in [1.29, 1.82) is 0 Å². The van der Waals surface area contributed by atoms with E-state index in [-0.39, 0.29) is 6.10 Å². The van der Waals surface area contributed by atoms with E-state index in [1.165, 1.54) is 0 Å². The molecular formula is C12H21NO4. The number of carbonyl (C=O) groups is 2. The van der Waals surface area contributed by atoms with Crippen LogP contribution in [0.5, 0.6) is 0 Å². The zero-order chi connectivity index (χ0) is 13.1.